The molecule has 164 valence electrons. The maximum absolute atomic E-state index is 12.2. The van der Waals surface area contributed by atoms with Crippen molar-refractivity contribution in [1.29, 1.82) is 0 Å². The van der Waals surface area contributed by atoms with Crippen molar-refractivity contribution in [3.8, 4) is 0 Å². The minimum Gasteiger partial charge on any atom is -0.481 e. The molecule has 7 nitrogen and oxygen atoms in total. The Hall–Kier alpha value is -2.87. The van der Waals surface area contributed by atoms with E-state index >= 15 is 0 Å². The van der Waals surface area contributed by atoms with Gasteiger partial charge in [-0.3, -0.25) is 9.59 Å². The second-order valence-corrected chi connectivity index (χ2v) is 7.99. The molecule has 3 rings (SSSR count). The van der Waals surface area contributed by atoms with E-state index < -0.39 is 12.1 Å². The Kier molecular flexibility index (Phi) is 7.68. The van der Waals surface area contributed by atoms with Crippen LogP contribution in [0.2, 0.25) is 5.02 Å². The van der Waals surface area contributed by atoms with E-state index in [1.807, 2.05) is 31.3 Å². The summed E-state index contributed by atoms with van der Waals surface area (Å²) in [7, 11) is 0. The zero-order chi connectivity index (χ0) is 22.4. The predicted octanol–water partition coefficient (Wildman–Crippen LogP) is 3.28. The maximum Gasteiger partial charge on any atom is 0.305 e. The van der Waals surface area contributed by atoms with Crippen molar-refractivity contribution < 1.29 is 19.8 Å². The highest BCUT2D eigenvalue weighted by Gasteiger charge is 2.14. The molecule has 0 aliphatic rings. The molecule has 5 N–H and O–H groups in total. The molecule has 8 heteroatoms. The first-order valence-electron chi connectivity index (χ1n) is 10.1. The molecular weight excluding hydrogens is 418 g/mol. The topological polar surface area (TPSA) is 114 Å². The number of H-pyrrole nitrogens is 1. The second kappa shape index (κ2) is 10.4. The van der Waals surface area contributed by atoms with Gasteiger partial charge < -0.3 is 25.8 Å². The molecule has 2 atom stereocenters. The summed E-state index contributed by atoms with van der Waals surface area (Å²) in [6.45, 7) is 2.55. The molecule has 2 aromatic carbocycles. The number of nitrogens with one attached hydrogen (secondary N) is 3. The lowest BCUT2D eigenvalue weighted by Crippen LogP contribution is -2.32. The van der Waals surface area contributed by atoms with Gasteiger partial charge in [-0.25, -0.2) is 0 Å². The molecule has 0 aliphatic carbocycles. The smallest absolute Gasteiger partial charge is 0.305 e. The largest absolute Gasteiger partial charge is 0.481 e. The van der Waals surface area contributed by atoms with Crippen molar-refractivity contribution in [2.45, 2.75) is 31.9 Å². The summed E-state index contributed by atoms with van der Waals surface area (Å²) in [4.78, 5) is 25.9. The SMILES string of the molecule is C[C@H](Cc1c[nH]c2cc(C(=O)NCCC(=O)O)ccc12)NC[C@H](O)c1cccc(Cl)c1. The number of hydrogen-bond acceptors (Lipinski definition) is 4. The van der Waals surface area contributed by atoms with Crippen LogP contribution < -0.4 is 10.6 Å². The average molecular weight is 444 g/mol. The molecule has 0 fully saturated rings. The van der Waals surface area contributed by atoms with E-state index in [0.29, 0.717) is 17.1 Å². The predicted molar refractivity (Wildman–Crippen MR) is 120 cm³/mol. The first-order chi connectivity index (χ1) is 14.8. The molecule has 0 aliphatic heterocycles. The average Bonchev–Trinajstić information content (AvgIpc) is 3.13. The standard InChI is InChI=1S/C23H26ClN3O4/c1-14(26-13-21(28)15-3-2-4-18(24)10-15)9-17-12-27-20-11-16(5-6-19(17)20)23(31)25-8-7-22(29)30/h2-6,10-12,14,21,26-28H,7-9,13H2,1H3,(H,25,31)(H,29,30)/t14-,21+/m1/s1. The fourth-order valence-corrected chi connectivity index (χ4v) is 3.63. The Morgan fingerprint density at radius 1 is 1.19 bits per heavy atom. The molecule has 1 amide bonds. The molecule has 1 aromatic heterocycles. The molecule has 0 radical (unpaired) electrons. The number of aliphatic hydroxyl groups excluding tert-OH is 1. The van der Waals surface area contributed by atoms with Crippen LogP contribution in [0.4, 0.5) is 0 Å². The highest BCUT2D eigenvalue weighted by molar-refractivity contribution is 6.30. The number of benzene rings is 2. The summed E-state index contributed by atoms with van der Waals surface area (Å²) in [5.41, 5.74) is 3.19. The lowest BCUT2D eigenvalue weighted by molar-refractivity contribution is -0.136. The van der Waals surface area contributed by atoms with E-state index in [1.165, 1.54) is 0 Å². The summed E-state index contributed by atoms with van der Waals surface area (Å²) >= 11 is 5.99. The Bertz CT molecular complexity index is 1070. The zero-order valence-electron chi connectivity index (χ0n) is 17.2. The van der Waals surface area contributed by atoms with Crippen LogP contribution in [-0.4, -0.2) is 46.2 Å². The summed E-state index contributed by atoms with van der Waals surface area (Å²) in [6, 6.07) is 12.7. The van der Waals surface area contributed by atoms with Crippen LogP contribution in [0.3, 0.4) is 0 Å². The molecule has 0 saturated carbocycles. The summed E-state index contributed by atoms with van der Waals surface area (Å²) < 4.78 is 0. The van der Waals surface area contributed by atoms with Crippen LogP contribution in [0.5, 0.6) is 0 Å². The van der Waals surface area contributed by atoms with Crippen molar-refractivity contribution in [3.05, 3.63) is 70.4 Å². The maximum atomic E-state index is 12.2. The van der Waals surface area contributed by atoms with Gasteiger partial charge >= 0.3 is 5.97 Å². The van der Waals surface area contributed by atoms with Gasteiger partial charge in [0.2, 0.25) is 0 Å². The van der Waals surface area contributed by atoms with Crippen LogP contribution in [0.25, 0.3) is 10.9 Å². The fraction of sp³-hybridized carbons (Fsp3) is 0.304. The van der Waals surface area contributed by atoms with Crippen LogP contribution in [0, 0.1) is 0 Å². The second-order valence-electron chi connectivity index (χ2n) is 7.56. The molecular formula is C23H26ClN3O4. The van der Waals surface area contributed by atoms with Crippen LogP contribution in [-0.2, 0) is 11.2 Å². The number of rotatable bonds is 10. The summed E-state index contributed by atoms with van der Waals surface area (Å²) in [5, 5.41) is 26.6. The first-order valence-corrected chi connectivity index (χ1v) is 10.5. The van der Waals surface area contributed by atoms with Gasteiger partial charge in [-0.1, -0.05) is 29.8 Å². The number of fused-ring (bicyclic) bond motifs is 1. The highest BCUT2D eigenvalue weighted by atomic mass is 35.5. The number of amides is 1. The normalized spacial score (nSPS) is 13.1. The van der Waals surface area contributed by atoms with Crippen molar-refractivity contribution in [2.24, 2.45) is 0 Å². The first kappa shape index (κ1) is 22.8. The van der Waals surface area contributed by atoms with Gasteiger partial charge in [0, 0.05) is 46.8 Å². The van der Waals surface area contributed by atoms with Gasteiger partial charge in [0.1, 0.15) is 0 Å². The van der Waals surface area contributed by atoms with Crippen molar-refractivity contribution in [3.63, 3.8) is 0 Å². The van der Waals surface area contributed by atoms with E-state index in [0.717, 1.165) is 28.5 Å². The molecule has 0 saturated heterocycles. The summed E-state index contributed by atoms with van der Waals surface area (Å²) in [5.74, 6) is -1.25. The third-order valence-corrected chi connectivity index (χ3v) is 5.31. The third kappa shape index (κ3) is 6.30. The number of hydrogen-bond donors (Lipinski definition) is 5. The zero-order valence-corrected chi connectivity index (χ0v) is 17.9. The number of aromatic amines is 1. The van der Waals surface area contributed by atoms with Gasteiger partial charge in [0.25, 0.3) is 5.91 Å². The highest BCUT2D eigenvalue weighted by Crippen LogP contribution is 2.22. The summed E-state index contributed by atoms with van der Waals surface area (Å²) in [6.07, 6.45) is 1.90. The lowest BCUT2D eigenvalue weighted by Gasteiger charge is -2.17. The molecule has 0 bridgehead atoms. The Balaban J connectivity index is 1.57. The van der Waals surface area contributed by atoms with Crippen molar-refractivity contribution in [1.82, 2.24) is 15.6 Å². The number of carboxylic acids is 1. The van der Waals surface area contributed by atoms with Gasteiger partial charge in [0.05, 0.1) is 12.5 Å². The minimum absolute atomic E-state index is 0.0897. The van der Waals surface area contributed by atoms with Crippen molar-refractivity contribution in [2.75, 3.05) is 13.1 Å². The number of carbonyl (C=O) groups excluding carboxylic acids is 1. The monoisotopic (exact) mass is 443 g/mol. The third-order valence-electron chi connectivity index (χ3n) is 5.07. The Labute approximate surface area is 185 Å². The van der Waals surface area contributed by atoms with E-state index in [2.05, 4.69) is 15.6 Å². The number of aliphatic carboxylic acids is 1. The molecule has 31 heavy (non-hydrogen) atoms. The number of halogens is 1. The Morgan fingerprint density at radius 3 is 2.74 bits per heavy atom. The molecule has 1 heterocycles. The quantitative estimate of drug-likeness (QED) is 0.330. The van der Waals surface area contributed by atoms with Crippen molar-refractivity contribution >= 4 is 34.4 Å². The number of aromatic nitrogens is 1. The van der Waals surface area contributed by atoms with Gasteiger partial charge in [-0.2, -0.15) is 0 Å². The lowest BCUT2D eigenvalue weighted by atomic mass is 10.0. The number of carboxylic acid groups (broad SMARTS) is 1. The van der Waals surface area contributed by atoms with E-state index in [4.69, 9.17) is 16.7 Å². The van der Waals surface area contributed by atoms with Gasteiger partial charge in [-0.15, -0.1) is 0 Å². The molecule has 0 unspecified atom stereocenters. The van der Waals surface area contributed by atoms with E-state index in [1.54, 1.807) is 24.3 Å². The molecule has 3 aromatic rings. The molecule has 0 spiro atoms. The van der Waals surface area contributed by atoms with Crippen LogP contribution in [0.15, 0.2) is 48.7 Å². The fourth-order valence-electron chi connectivity index (χ4n) is 3.43. The van der Waals surface area contributed by atoms with Crippen LogP contribution >= 0.6 is 11.6 Å². The number of aliphatic hydroxyl groups is 1. The van der Waals surface area contributed by atoms with Gasteiger partial charge in [-0.05, 0) is 48.7 Å². The van der Waals surface area contributed by atoms with Crippen LogP contribution in [0.1, 0.15) is 40.9 Å². The van der Waals surface area contributed by atoms with Gasteiger partial charge in [0.15, 0.2) is 0 Å². The Morgan fingerprint density at radius 2 is 2.00 bits per heavy atom. The van der Waals surface area contributed by atoms with E-state index in [9.17, 15) is 14.7 Å². The van der Waals surface area contributed by atoms with E-state index in [-0.39, 0.29) is 24.9 Å². The number of carbonyl (C=O) groups is 2. The minimum atomic E-state index is -0.951.